The van der Waals surface area contributed by atoms with Crippen LogP contribution in [0.15, 0.2) is 22.7 Å². The van der Waals surface area contributed by atoms with E-state index in [0.29, 0.717) is 35.6 Å². The highest BCUT2D eigenvalue weighted by atomic mass is 35.5. The first-order valence-electron chi connectivity index (χ1n) is 13.6. The first kappa shape index (κ1) is 25.5. The zero-order chi connectivity index (χ0) is 25.6. The molecule has 2 unspecified atom stereocenters. The molecule has 0 aliphatic heterocycles. The van der Waals surface area contributed by atoms with Gasteiger partial charge in [0.25, 0.3) is 0 Å². The number of carbonyl (C=O) groups excluding carboxylic acids is 2. The zero-order valence-corrected chi connectivity index (χ0v) is 22.6. The van der Waals surface area contributed by atoms with Crippen LogP contribution in [0.4, 0.5) is 0 Å². The van der Waals surface area contributed by atoms with Crippen molar-refractivity contribution in [2.45, 2.75) is 89.9 Å². The van der Waals surface area contributed by atoms with Crippen LogP contribution in [0, 0.1) is 30.6 Å². The van der Waals surface area contributed by atoms with Gasteiger partial charge in [-0.2, -0.15) is 0 Å². The summed E-state index contributed by atoms with van der Waals surface area (Å²) in [4.78, 5) is 26.2. The summed E-state index contributed by atoms with van der Waals surface area (Å²) in [6.45, 7) is 6.56. The number of aryl methyl sites for hydroxylation is 1. The number of ketones is 1. The van der Waals surface area contributed by atoms with Crippen LogP contribution in [0.5, 0.6) is 0 Å². The molecule has 3 saturated carbocycles. The highest BCUT2D eigenvalue weighted by Crippen LogP contribution is 2.55. The zero-order valence-electron chi connectivity index (χ0n) is 21.9. The maximum absolute atomic E-state index is 13.7. The maximum Gasteiger partial charge on any atom is 0.308 e. The van der Waals surface area contributed by atoms with E-state index in [1.165, 1.54) is 19.1 Å². The van der Waals surface area contributed by atoms with Crippen molar-refractivity contribution in [2.75, 3.05) is 7.11 Å². The molecule has 0 N–H and O–H groups in total. The van der Waals surface area contributed by atoms with Gasteiger partial charge in [0.05, 0.1) is 18.7 Å². The summed E-state index contributed by atoms with van der Waals surface area (Å²) in [5.74, 6) is 2.61. The standard InChI is InChI=1S/C30H38ClNO4/c1-16(2)9-18-11-21(12-18)29-27(19-7-8-19)28(32-36-29)24-14-22(30(34)35-4)13-23(24)26(33)15-20-6-5-17(3)10-25(20)31/h5-6,10,16,18-19,21-24H,7-9,11-15H2,1-4H3/t18?,21?,22?,23-,24?/m0/s1. The van der Waals surface area contributed by atoms with Crippen LogP contribution >= 0.6 is 11.6 Å². The molecule has 0 radical (unpaired) electrons. The van der Waals surface area contributed by atoms with E-state index in [4.69, 9.17) is 20.9 Å². The van der Waals surface area contributed by atoms with E-state index in [1.807, 2.05) is 25.1 Å². The number of hydrogen-bond acceptors (Lipinski definition) is 5. The third-order valence-corrected chi connectivity index (χ3v) is 8.97. The molecule has 3 aliphatic rings. The van der Waals surface area contributed by atoms with Crippen LogP contribution in [-0.4, -0.2) is 24.0 Å². The van der Waals surface area contributed by atoms with Crippen molar-refractivity contribution in [3.05, 3.63) is 51.4 Å². The fourth-order valence-corrected chi connectivity index (χ4v) is 6.95. The van der Waals surface area contributed by atoms with E-state index in [0.717, 1.165) is 54.2 Å². The van der Waals surface area contributed by atoms with Gasteiger partial charge in [0.15, 0.2) is 0 Å². The Morgan fingerprint density at radius 1 is 1.14 bits per heavy atom. The fraction of sp³-hybridized carbons (Fsp3) is 0.633. The molecule has 3 aliphatic carbocycles. The number of hydrogen-bond donors (Lipinski definition) is 0. The second-order valence-corrected chi connectivity index (χ2v) is 12.3. The van der Waals surface area contributed by atoms with Crippen molar-refractivity contribution in [2.24, 2.45) is 23.7 Å². The van der Waals surface area contributed by atoms with E-state index in [-0.39, 0.29) is 35.9 Å². The first-order valence-corrected chi connectivity index (χ1v) is 14.0. The largest absolute Gasteiger partial charge is 0.469 e. The summed E-state index contributed by atoms with van der Waals surface area (Å²) in [6, 6.07) is 5.82. The van der Waals surface area contributed by atoms with Crippen LogP contribution in [0.25, 0.3) is 0 Å². The average molecular weight is 512 g/mol. The van der Waals surface area contributed by atoms with Gasteiger partial charge in [-0.3, -0.25) is 9.59 Å². The Morgan fingerprint density at radius 3 is 2.53 bits per heavy atom. The number of esters is 1. The molecular weight excluding hydrogens is 474 g/mol. The topological polar surface area (TPSA) is 69.4 Å². The van der Waals surface area contributed by atoms with Crippen LogP contribution in [0.2, 0.25) is 5.02 Å². The van der Waals surface area contributed by atoms with Crippen molar-refractivity contribution in [1.29, 1.82) is 0 Å². The van der Waals surface area contributed by atoms with Crippen molar-refractivity contribution < 1.29 is 18.8 Å². The summed E-state index contributed by atoms with van der Waals surface area (Å²) in [7, 11) is 1.42. The normalized spacial score (nSPS) is 27.8. The molecule has 3 atom stereocenters. The van der Waals surface area contributed by atoms with Crippen molar-refractivity contribution in [3.63, 3.8) is 0 Å². The van der Waals surface area contributed by atoms with Gasteiger partial charge in [0.1, 0.15) is 11.5 Å². The number of aromatic nitrogens is 1. The van der Waals surface area contributed by atoms with Gasteiger partial charge in [0, 0.05) is 34.8 Å². The molecule has 0 amide bonds. The van der Waals surface area contributed by atoms with E-state index in [1.54, 1.807) is 0 Å². The Labute approximate surface area is 219 Å². The second kappa shape index (κ2) is 10.3. The van der Waals surface area contributed by atoms with E-state index in [9.17, 15) is 9.59 Å². The van der Waals surface area contributed by atoms with E-state index >= 15 is 0 Å². The van der Waals surface area contributed by atoms with Gasteiger partial charge in [-0.1, -0.05) is 42.7 Å². The molecule has 5 nitrogen and oxygen atoms in total. The number of halogens is 1. The first-order chi connectivity index (χ1) is 17.2. The monoisotopic (exact) mass is 511 g/mol. The Balaban J connectivity index is 1.41. The minimum Gasteiger partial charge on any atom is -0.469 e. The predicted molar refractivity (Wildman–Crippen MR) is 139 cm³/mol. The molecule has 36 heavy (non-hydrogen) atoms. The lowest BCUT2D eigenvalue weighted by Crippen LogP contribution is -2.24. The Bertz CT molecular complexity index is 1130. The minimum absolute atomic E-state index is 0.115. The SMILES string of the molecule is COC(=O)C1CC(c2noc(C3CC(CC(C)C)C3)c2C2CC2)[C@@H](C(=O)Cc2ccc(C)cc2Cl)C1. The molecule has 1 aromatic heterocycles. The number of Topliss-reactive ketones (excluding diaryl/α,β-unsaturated/α-hetero) is 1. The molecular formula is C30H38ClNO4. The summed E-state index contributed by atoms with van der Waals surface area (Å²) in [6.07, 6.45) is 7.21. The summed E-state index contributed by atoms with van der Waals surface area (Å²) in [5, 5.41) is 5.25. The van der Waals surface area contributed by atoms with Crippen LogP contribution in [-0.2, 0) is 20.7 Å². The number of ether oxygens (including phenoxy) is 1. The third kappa shape index (κ3) is 5.14. The minimum atomic E-state index is -0.297. The summed E-state index contributed by atoms with van der Waals surface area (Å²) >= 11 is 6.46. The number of methoxy groups -OCH3 is 1. The Hall–Kier alpha value is -2.14. The molecule has 1 heterocycles. The lowest BCUT2D eigenvalue weighted by Gasteiger charge is -2.35. The number of nitrogens with zero attached hydrogens (tertiary/aromatic N) is 1. The van der Waals surface area contributed by atoms with Crippen LogP contribution in [0.1, 0.15) is 105 Å². The van der Waals surface area contributed by atoms with Crippen molar-refractivity contribution in [3.8, 4) is 0 Å². The predicted octanol–water partition coefficient (Wildman–Crippen LogP) is 7.15. The van der Waals surface area contributed by atoms with Crippen molar-refractivity contribution >= 4 is 23.4 Å². The lowest BCUT2D eigenvalue weighted by molar-refractivity contribution is -0.145. The van der Waals surface area contributed by atoms with Gasteiger partial charge in [-0.05, 0) is 86.8 Å². The molecule has 0 spiro atoms. The number of carbonyl (C=O) groups is 2. The van der Waals surface area contributed by atoms with E-state index < -0.39 is 0 Å². The summed E-state index contributed by atoms with van der Waals surface area (Å²) < 4.78 is 11.2. The molecule has 1 aromatic carbocycles. The van der Waals surface area contributed by atoms with Crippen molar-refractivity contribution in [1.82, 2.24) is 5.16 Å². The fourth-order valence-electron chi connectivity index (χ4n) is 6.65. The molecule has 3 fully saturated rings. The average Bonchev–Trinajstić information content (AvgIpc) is 3.40. The maximum atomic E-state index is 13.7. The lowest BCUT2D eigenvalue weighted by atomic mass is 9.69. The molecule has 2 aromatic rings. The second-order valence-electron chi connectivity index (χ2n) is 11.9. The Kier molecular flexibility index (Phi) is 7.31. The third-order valence-electron chi connectivity index (χ3n) is 8.62. The van der Waals surface area contributed by atoms with Gasteiger partial charge in [-0.15, -0.1) is 0 Å². The smallest absolute Gasteiger partial charge is 0.308 e. The summed E-state index contributed by atoms with van der Waals surface area (Å²) in [5.41, 5.74) is 4.09. The molecule has 6 heteroatoms. The van der Waals surface area contributed by atoms with E-state index in [2.05, 4.69) is 19.0 Å². The molecule has 0 bridgehead atoms. The Morgan fingerprint density at radius 2 is 1.89 bits per heavy atom. The highest BCUT2D eigenvalue weighted by molar-refractivity contribution is 6.31. The van der Waals surface area contributed by atoms with Gasteiger partial charge in [0.2, 0.25) is 0 Å². The number of rotatable bonds is 9. The quantitative estimate of drug-likeness (QED) is 0.334. The van der Waals surface area contributed by atoms with Gasteiger partial charge >= 0.3 is 5.97 Å². The van der Waals surface area contributed by atoms with Gasteiger partial charge < -0.3 is 9.26 Å². The van der Waals surface area contributed by atoms with Crippen LogP contribution < -0.4 is 0 Å². The van der Waals surface area contributed by atoms with Gasteiger partial charge in [-0.25, -0.2) is 0 Å². The molecule has 194 valence electrons. The highest BCUT2D eigenvalue weighted by Gasteiger charge is 2.48. The van der Waals surface area contributed by atoms with Crippen LogP contribution in [0.3, 0.4) is 0 Å². The molecule has 5 rings (SSSR count). The number of benzene rings is 1. The molecule has 0 saturated heterocycles.